The Morgan fingerprint density at radius 3 is 2.86 bits per heavy atom. The molecular weight excluding hydrogens is 284 g/mol. The van der Waals surface area contributed by atoms with E-state index in [2.05, 4.69) is 5.32 Å². The highest BCUT2D eigenvalue weighted by Crippen LogP contribution is 2.24. The highest BCUT2D eigenvalue weighted by atomic mass is 16.4. The second kappa shape index (κ2) is 5.71. The maximum absolute atomic E-state index is 12.2. The summed E-state index contributed by atoms with van der Waals surface area (Å²) in [5.74, 6) is -0.628. The topological polar surface area (TPSA) is 82.8 Å². The normalized spacial score (nSPS) is 19.3. The lowest BCUT2D eigenvalue weighted by molar-refractivity contribution is -0.141. The van der Waals surface area contributed by atoms with Gasteiger partial charge in [0.15, 0.2) is 0 Å². The van der Waals surface area contributed by atoms with Gasteiger partial charge in [0.2, 0.25) is 0 Å². The van der Waals surface area contributed by atoms with Gasteiger partial charge in [-0.2, -0.15) is 0 Å². The van der Waals surface area contributed by atoms with E-state index in [0.717, 1.165) is 11.0 Å². The maximum atomic E-state index is 12.2. The molecule has 2 unspecified atom stereocenters. The van der Waals surface area contributed by atoms with Gasteiger partial charge in [-0.3, -0.25) is 4.79 Å². The van der Waals surface area contributed by atoms with Crippen molar-refractivity contribution >= 4 is 23.0 Å². The average Bonchev–Trinajstić information content (AvgIpc) is 3.14. The van der Waals surface area contributed by atoms with Gasteiger partial charge in [-0.05, 0) is 25.5 Å². The Kier molecular flexibility index (Phi) is 3.75. The van der Waals surface area contributed by atoms with E-state index in [4.69, 9.17) is 9.52 Å². The summed E-state index contributed by atoms with van der Waals surface area (Å²) in [6, 6.07) is 9.04. The number of para-hydroxylation sites is 1. The van der Waals surface area contributed by atoms with Gasteiger partial charge >= 0.3 is 12.0 Å². The molecule has 2 amide bonds. The maximum Gasteiger partial charge on any atom is 0.318 e. The van der Waals surface area contributed by atoms with Gasteiger partial charge < -0.3 is 19.7 Å². The number of carbonyl (C=O) groups is 2. The summed E-state index contributed by atoms with van der Waals surface area (Å²) in [6.45, 7) is 2.57. The minimum absolute atomic E-state index is 0.253. The van der Waals surface area contributed by atoms with Crippen LogP contribution in [0.1, 0.15) is 25.1 Å². The van der Waals surface area contributed by atoms with Crippen molar-refractivity contribution in [2.24, 2.45) is 5.92 Å². The number of nitrogens with zero attached hydrogens (tertiary/aromatic N) is 1. The van der Waals surface area contributed by atoms with Crippen LogP contribution in [0.2, 0.25) is 0 Å². The molecule has 3 rings (SSSR count). The Bertz CT molecular complexity index is 676. The Morgan fingerprint density at radius 2 is 2.18 bits per heavy atom. The number of urea groups is 1. The van der Waals surface area contributed by atoms with Gasteiger partial charge in [-0.15, -0.1) is 0 Å². The number of likely N-dealkylation sites (tertiary alicyclic amines) is 1. The van der Waals surface area contributed by atoms with Gasteiger partial charge in [0.05, 0.1) is 12.0 Å². The summed E-state index contributed by atoms with van der Waals surface area (Å²) in [5, 5.41) is 12.8. The molecule has 0 radical (unpaired) electrons. The van der Waals surface area contributed by atoms with E-state index in [1.165, 1.54) is 4.90 Å². The molecule has 1 aromatic carbocycles. The largest absolute Gasteiger partial charge is 0.481 e. The van der Waals surface area contributed by atoms with Crippen LogP contribution in [0, 0.1) is 5.92 Å². The summed E-state index contributed by atoms with van der Waals surface area (Å²) >= 11 is 0. The average molecular weight is 302 g/mol. The number of rotatable bonds is 3. The van der Waals surface area contributed by atoms with Crippen LogP contribution in [-0.4, -0.2) is 35.1 Å². The Labute approximate surface area is 127 Å². The lowest BCUT2D eigenvalue weighted by atomic mass is 10.1. The number of carboxylic acids is 1. The number of furan rings is 1. The first kappa shape index (κ1) is 14.4. The smallest absolute Gasteiger partial charge is 0.318 e. The molecule has 6 heteroatoms. The third kappa shape index (κ3) is 2.77. The van der Waals surface area contributed by atoms with Crippen LogP contribution in [-0.2, 0) is 4.79 Å². The molecule has 2 N–H and O–H groups in total. The highest BCUT2D eigenvalue weighted by molar-refractivity contribution is 5.79. The number of hydrogen-bond donors (Lipinski definition) is 2. The molecular formula is C16H18N2O4. The molecule has 2 aromatic rings. The van der Waals surface area contributed by atoms with Crippen molar-refractivity contribution in [1.29, 1.82) is 0 Å². The molecule has 0 saturated carbocycles. The molecule has 6 nitrogen and oxygen atoms in total. The van der Waals surface area contributed by atoms with Crippen molar-refractivity contribution in [2.75, 3.05) is 13.1 Å². The zero-order valence-electron chi connectivity index (χ0n) is 12.3. The fraction of sp³-hybridized carbons (Fsp3) is 0.375. The minimum atomic E-state index is -0.847. The molecule has 1 aliphatic heterocycles. The van der Waals surface area contributed by atoms with Gasteiger partial charge in [0, 0.05) is 18.5 Å². The summed E-state index contributed by atoms with van der Waals surface area (Å²) in [6.07, 6.45) is 0.502. The van der Waals surface area contributed by atoms with E-state index in [1.807, 2.05) is 37.3 Å². The van der Waals surface area contributed by atoms with Crippen molar-refractivity contribution in [2.45, 2.75) is 19.4 Å². The van der Waals surface area contributed by atoms with E-state index in [0.29, 0.717) is 18.7 Å². The van der Waals surface area contributed by atoms with Crippen LogP contribution in [0.15, 0.2) is 34.7 Å². The lowest BCUT2D eigenvalue weighted by Crippen LogP contribution is -2.40. The Hall–Kier alpha value is -2.50. The number of nitrogens with one attached hydrogen (secondary N) is 1. The van der Waals surface area contributed by atoms with E-state index in [1.54, 1.807) is 0 Å². The number of carbonyl (C=O) groups excluding carboxylic acids is 1. The first-order valence-corrected chi connectivity index (χ1v) is 7.31. The molecule has 0 aliphatic carbocycles. The summed E-state index contributed by atoms with van der Waals surface area (Å²) in [5.41, 5.74) is 0.783. The van der Waals surface area contributed by atoms with Crippen LogP contribution in [0.5, 0.6) is 0 Å². The van der Waals surface area contributed by atoms with Crippen LogP contribution >= 0.6 is 0 Å². The fourth-order valence-electron chi connectivity index (χ4n) is 2.71. The molecule has 0 bridgehead atoms. The van der Waals surface area contributed by atoms with Crippen LogP contribution in [0.4, 0.5) is 4.79 Å². The van der Waals surface area contributed by atoms with Crippen LogP contribution in [0.25, 0.3) is 11.0 Å². The SMILES string of the molecule is CC(NC(=O)N1CCC(C(=O)O)C1)c1cc2ccccc2o1. The summed E-state index contributed by atoms with van der Waals surface area (Å²) in [7, 11) is 0. The predicted octanol–water partition coefficient (Wildman–Crippen LogP) is 2.61. The lowest BCUT2D eigenvalue weighted by Gasteiger charge is -2.19. The number of aliphatic carboxylic acids is 1. The third-order valence-electron chi connectivity index (χ3n) is 4.04. The molecule has 0 spiro atoms. The zero-order valence-corrected chi connectivity index (χ0v) is 12.3. The Morgan fingerprint density at radius 1 is 1.41 bits per heavy atom. The molecule has 2 atom stereocenters. The number of carboxylic acid groups (broad SMARTS) is 1. The second-order valence-electron chi connectivity index (χ2n) is 5.63. The summed E-state index contributed by atoms with van der Waals surface area (Å²) < 4.78 is 5.73. The Balaban J connectivity index is 1.65. The molecule has 1 fully saturated rings. The number of amides is 2. The number of benzene rings is 1. The van der Waals surface area contributed by atoms with Crippen LogP contribution < -0.4 is 5.32 Å². The van der Waals surface area contributed by atoms with E-state index < -0.39 is 11.9 Å². The molecule has 2 heterocycles. The van der Waals surface area contributed by atoms with Crippen molar-refractivity contribution in [3.05, 3.63) is 36.1 Å². The second-order valence-corrected chi connectivity index (χ2v) is 5.63. The predicted molar refractivity (Wildman–Crippen MR) is 80.5 cm³/mol. The molecule has 116 valence electrons. The van der Waals surface area contributed by atoms with Crippen molar-refractivity contribution in [3.8, 4) is 0 Å². The van der Waals surface area contributed by atoms with E-state index in [9.17, 15) is 9.59 Å². The van der Waals surface area contributed by atoms with Gasteiger partial charge in [0.25, 0.3) is 0 Å². The van der Waals surface area contributed by atoms with Crippen molar-refractivity contribution in [3.63, 3.8) is 0 Å². The molecule has 1 saturated heterocycles. The third-order valence-corrected chi connectivity index (χ3v) is 4.04. The molecule has 22 heavy (non-hydrogen) atoms. The number of fused-ring (bicyclic) bond motifs is 1. The van der Waals surface area contributed by atoms with Crippen molar-refractivity contribution in [1.82, 2.24) is 10.2 Å². The fourth-order valence-corrected chi connectivity index (χ4v) is 2.71. The monoisotopic (exact) mass is 302 g/mol. The first-order valence-electron chi connectivity index (χ1n) is 7.31. The van der Waals surface area contributed by atoms with Gasteiger partial charge in [0.1, 0.15) is 11.3 Å². The standard InChI is InChI=1S/C16H18N2O4/c1-10(14-8-11-4-2-3-5-13(11)22-14)17-16(21)18-7-6-12(9-18)15(19)20/h2-5,8,10,12H,6-7,9H2,1H3,(H,17,21)(H,19,20). The van der Waals surface area contributed by atoms with Crippen molar-refractivity contribution < 1.29 is 19.1 Å². The first-order chi connectivity index (χ1) is 10.5. The molecule has 1 aliphatic rings. The zero-order chi connectivity index (χ0) is 15.7. The van der Waals surface area contributed by atoms with Crippen LogP contribution in [0.3, 0.4) is 0 Å². The highest BCUT2D eigenvalue weighted by Gasteiger charge is 2.31. The van der Waals surface area contributed by atoms with Gasteiger partial charge in [-0.25, -0.2) is 4.79 Å². The minimum Gasteiger partial charge on any atom is -0.481 e. The quantitative estimate of drug-likeness (QED) is 0.913. The van der Waals surface area contributed by atoms with Gasteiger partial charge in [-0.1, -0.05) is 18.2 Å². The van der Waals surface area contributed by atoms with E-state index in [-0.39, 0.29) is 18.6 Å². The van der Waals surface area contributed by atoms with E-state index >= 15 is 0 Å². The summed E-state index contributed by atoms with van der Waals surface area (Å²) in [4.78, 5) is 24.7. The number of hydrogen-bond acceptors (Lipinski definition) is 3. The molecule has 1 aromatic heterocycles.